The van der Waals surface area contributed by atoms with Crippen molar-refractivity contribution < 1.29 is 23.9 Å². The number of nitrogens with zero attached hydrogens (tertiary/aromatic N) is 1. The van der Waals surface area contributed by atoms with E-state index in [2.05, 4.69) is 20.4 Å². The number of rotatable bonds is 4. The number of anilines is 1. The lowest BCUT2D eigenvalue weighted by atomic mass is 10.2. The minimum absolute atomic E-state index is 0.207. The average molecular weight is 365 g/mol. The Morgan fingerprint density at radius 3 is 2.60 bits per heavy atom. The van der Waals surface area contributed by atoms with Crippen molar-refractivity contribution >= 4 is 44.7 Å². The maximum atomic E-state index is 12.0. The zero-order valence-corrected chi connectivity index (χ0v) is 15.2. The molecule has 0 spiro atoms. The van der Waals surface area contributed by atoms with Crippen LogP contribution in [0, 0.1) is 0 Å². The monoisotopic (exact) mass is 365 g/mol. The second kappa shape index (κ2) is 7.47. The van der Waals surface area contributed by atoms with Crippen molar-refractivity contribution in [2.24, 2.45) is 0 Å². The van der Waals surface area contributed by atoms with Gasteiger partial charge in [0.2, 0.25) is 0 Å². The largest absolute Gasteiger partial charge is 0.468 e. The van der Waals surface area contributed by atoms with Crippen molar-refractivity contribution in [1.82, 2.24) is 10.3 Å². The molecular formula is C16H19N3O5S. The molecule has 0 atom stereocenters. The summed E-state index contributed by atoms with van der Waals surface area (Å²) >= 11 is 1.22. The van der Waals surface area contributed by atoms with Gasteiger partial charge in [-0.1, -0.05) is 11.3 Å². The Bertz CT molecular complexity index is 810. The molecule has 0 aliphatic carbocycles. The van der Waals surface area contributed by atoms with Crippen molar-refractivity contribution in [3.8, 4) is 0 Å². The van der Waals surface area contributed by atoms with Crippen molar-refractivity contribution in [3.05, 3.63) is 23.8 Å². The number of carbonyl (C=O) groups is 3. The molecule has 0 unspecified atom stereocenters. The van der Waals surface area contributed by atoms with Gasteiger partial charge in [0.25, 0.3) is 5.91 Å². The van der Waals surface area contributed by atoms with Gasteiger partial charge in [-0.25, -0.2) is 9.78 Å². The quantitative estimate of drug-likeness (QED) is 0.807. The summed E-state index contributed by atoms with van der Waals surface area (Å²) in [5.41, 5.74) is 0.413. The number of ether oxygens (including phenoxy) is 2. The second-order valence-corrected chi connectivity index (χ2v) is 7.12. The third-order valence-electron chi connectivity index (χ3n) is 2.88. The minimum atomic E-state index is -0.605. The number of nitrogens with one attached hydrogen (secondary N) is 2. The number of hydrogen-bond donors (Lipinski definition) is 2. The van der Waals surface area contributed by atoms with E-state index in [-0.39, 0.29) is 6.54 Å². The van der Waals surface area contributed by atoms with Gasteiger partial charge >= 0.3 is 12.1 Å². The van der Waals surface area contributed by atoms with Gasteiger partial charge < -0.3 is 14.8 Å². The van der Waals surface area contributed by atoms with Crippen molar-refractivity contribution in [1.29, 1.82) is 0 Å². The summed E-state index contributed by atoms with van der Waals surface area (Å²) in [6.45, 7) is 5.10. The van der Waals surface area contributed by atoms with E-state index in [0.717, 1.165) is 4.70 Å². The first-order valence-electron chi connectivity index (χ1n) is 7.43. The Hall–Kier alpha value is -2.68. The van der Waals surface area contributed by atoms with Crippen LogP contribution in [0.5, 0.6) is 0 Å². The molecular weight excluding hydrogens is 346 g/mol. The molecule has 2 rings (SSSR count). The number of aromatic nitrogens is 1. The van der Waals surface area contributed by atoms with Crippen LogP contribution in [0.15, 0.2) is 18.2 Å². The first-order chi connectivity index (χ1) is 11.7. The fourth-order valence-electron chi connectivity index (χ4n) is 1.84. The van der Waals surface area contributed by atoms with E-state index in [1.807, 2.05) is 0 Å². The Balaban J connectivity index is 2.09. The Morgan fingerprint density at radius 2 is 1.96 bits per heavy atom. The van der Waals surface area contributed by atoms with Gasteiger partial charge in [-0.2, -0.15) is 0 Å². The molecule has 2 N–H and O–H groups in total. The first-order valence-corrected chi connectivity index (χ1v) is 8.25. The number of hydrogen-bond acceptors (Lipinski definition) is 7. The summed E-state index contributed by atoms with van der Waals surface area (Å²) in [7, 11) is 1.25. The van der Waals surface area contributed by atoms with Gasteiger partial charge in [0.15, 0.2) is 5.13 Å². The summed E-state index contributed by atoms with van der Waals surface area (Å²) in [4.78, 5) is 39.1. The Labute approximate surface area is 148 Å². The van der Waals surface area contributed by atoms with Gasteiger partial charge in [-0.3, -0.25) is 14.9 Å². The predicted molar refractivity (Wildman–Crippen MR) is 93.8 cm³/mol. The van der Waals surface area contributed by atoms with Gasteiger partial charge in [-0.15, -0.1) is 0 Å². The molecule has 0 aliphatic heterocycles. The lowest BCUT2D eigenvalue weighted by Gasteiger charge is -2.18. The van der Waals surface area contributed by atoms with E-state index < -0.39 is 23.6 Å². The highest BCUT2D eigenvalue weighted by Gasteiger charge is 2.18. The molecule has 9 heteroatoms. The standard InChI is InChI=1S/C16H19N3O5S/c1-16(2,3)24-15(22)19-14-18-10-6-5-9(7-11(10)25-14)13(21)17-8-12(20)23-4/h5-7H,8H2,1-4H3,(H,17,21)(H,18,19,22). The molecule has 0 radical (unpaired) electrons. The molecule has 134 valence electrons. The molecule has 0 fully saturated rings. The minimum Gasteiger partial charge on any atom is -0.468 e. The summed E-state index contributed by atoms with van der Waals surface area (Å²) in [6, 6.07) is 4.89. The van der Waals surface area contributed by atoms with Crippen molar-refractivity contribution in [2.45, 2.75) is 26.4 Å². The van der Waals surface area contributed by atoms with Crippen LogP contribution in [-0.2, 0) is 14.3 Å². The van der Waals surface area contributed by atoms with Crippen LogP contribution in [0.4, 0.5) is 9.93 Å². The summed E-state index contributed by atoms with van der Waals surface area (Å²) in [6.07, 6.45) is -0.595. The highest BCUT2D eigenvalue weighted by Crippen LogP contribution is 2.27. The van der Waals surface area contributed by atoms with Gasteiger partial charge in [0.05, 0.1) is 17.3 Å². The Morgan fingerprint density at radius 1 is 1.24 bits per heavy atom. The number of carbonyl (C=O) groups excluding carboxylic acids is 3. The first kappa shape index (κ1) is 18.7. The highest BCUT2D eigenvalue weighted by atomic mass is 32.1. The maximum Gasteiger partial charge on any atom is 0.413 e. The fourth-order valence-corrected chi connectivity index (χ4v) is 2.73. The summed E-state index contributed by atoms with van der Waals surface area (Å²) < 4.78 is 10.4. The van der Waals surface area contributed by atoms with E-state index in [0.29, 0.717) is 16.2 Å². The molecule has 0 saturated carbocycles. The number of methoxy groups -OCH3 is 1. The number of amides is 2. The maximum absolute atomic E-state index is 12.0. The van der Waals surface area contributed by atoms with Crippen LogP contribution in [0.1, 0.15) is 31.1 Å². The third-order valence-corrected chi connectivity index (χ3v) is 3.81. The van der Waals surface area contributed by atoms with E-state index in [1.54, 1.807) is 39.0 Å². The molecule has 2 aromatic rings. The summed E-state index contributed by atoms with van der Waals surface area (Å²) in [5, 5.41) is 5.40. The average Bonchev–Trinajstić information content (AvgIpc) is 2.91. The summed E-state index contributed by atoms with van der Waals surface area (Å²) in [5.74, 6) is -0.932. The third kappa shape index (κ3) is 5.42. The van der Waals surface area contributed by atoms with E-state index in [4.69, 9.17) is 4.74 Å². The van der Waals surface area contributed by atoms with Crippen LogP contribution in [-0.4, -0.2) is 42.2 Å². The SMILES string of the molecule is COC(=O)CNC(=O)c1ccc2nc(NC(=O)OC(C)(C)C)sc2c1. The Kier molecular flexibility index (Phi) is 5.58. The van der Waals surface area contributed by atoms with Crippen LogP contribution in [0.25, 0.3) is 10.2 Å². The zero-order chi connectivity index (χ0) is 18.6. The zero-order valence-electron chi connectivity index (χ0n) is 14.3. The molecule has 8 nitrogen and oxygen atoms in total. The molecule has 1 heterocycles. The van der Waals surface area contributed by atoms with Crippen LogP contribution in [0.3, 0.4) is 0 Å². The molecule has 2 amide bonds. The highest BCUT2D eigenvalue weighted by molar-refractivity contribution is 7.22. The number of benzene rings is 1. The van der Waals surface area contributed by atoms with Gasteiger partial charge in [-0.05, 0) is 39.0 Å². The fraction of sp³-hybridized carbons (Fsp3) is 0.375. The predicted octanol–water partition coefficient (Wildman–Crippen LogP) is 2.55. The number of fused-ring (bicyclic) bond motifs is 1. The van der Waals surface area contributed by atoms with E-state index in [1.165, 1.54) is 18.4 Å². The number of thiazole rings is 1. The lowest BCUT2D eigenvalue weighted by Crippen LogP contribution is -2.30. The lowest BCUT2D eigenvalue weighted by molar-refractivity contribution is -0.139. The normalized spacial score (nSPS) is 11.0. The molecule has 1 aromatic heterocycles. The second-order valence-electron chi connectivity index (χ2n) is 6.09. The van der Waals surface area contributed by atoms with Crippen molar-refractivity contribution in [3.63, 3.8) is 0 Å². The molecule has 25 heavy (non-hydrogen) atoms. The molecule has 1 aromatic carbocycles. The molecule has 0 aliphatic rings. The van der Waals surface area contributed by atoms with E-state index in [9.17, 15) is 14.4 Å². The van der Waals surface area contributed by atoms with Crippen LogP contribution in [0.2, 0.25) is 0 Å². The van der Waals surface area contributed by atoms with Gasteiger partial charge in [0, 0.05) is 5.56 Å². The molecule has 0 bridgehead atoms. The topological polar surface area (TPSA) is 107 Å². The number of esters is 1. The van der Waals surface area contributed by atoms with Crippen LogP contribution >= 0.6 is 11.3 Å². The van der Waals surface area contributed by atoms with Gasteiger partial charge in [0.1, 0.15) is 12.1 Å². The van der Waals surface area contributed by atoms with E-state index >= 15 is 0 Å². The molecule has 0 saturated heterocycles. The van der Waals surface area contributed by atoms with Crippen LogP contribution < -0.4 is 10.6 Å². The smallest absolute Gasteiger partial charge is 0.413 e. The van der Waals surface area contributed by atoms with Crippen molar-refractivity contribution in [2.75, 3.05) is 19.0 Å².